The lowest BCUT2D eigenvalue weighted by Gasteiger charge is -2.32. The largest absolute Gasteiger partial charge is 0.494 e. The van der Waals surface area contributed by atoms with Gasteiger partial charge in [-0.3, -0.25) is 4.79 Å². The quantitative estimate of drug-likeness (QED) is 0.820. The highest BCUT2D eigenvalue weighted by Crippen LogP contribution is 2.38. The summed E-state index contributed by atoms with van der Waals surface area (Å²) in [7, 11) is 1.40. The third-order valence-electron chi connectivity index (χ3n) is 5.09. The van der Waals surface area contributed by atoms with Gasteiger partial charge in [0.15, 0.2) is 17.4 Å². The average molecular weight is 359 g/mol. The lowest BCUT2D eigenvalue weighted by atomic mass is 9.94. The smallest absolute Gasteiger partial charge is 0.253 e. The fourth-order valence-corrected chi connectivity index (χ4v) is 3.50. The van der Waals surface area contributed by atoms with Crippen molar-refractivity contribution in [3.8, 4) is 5.75 Å². The van der Waals surface area contributed by atoms with Crippen molar-refractivity contribution in [1.29, 1.82) is 0 Å². The molecule has 7 heteroatoms. The Morgan fingerprint density at radius 3 is 2.96 bits per heavy atom. The van der Waals surface area contributed by atoms with Gasteiger partial charge >= 0.3 is 0 Å². The van der Waals surface area contributed by atoms with E-state index in [1.165, 1.54) is 19.2 Å². The predicted molar refractivity (Wildman–Crippen MR) is 91.6 cm³/mol. The van der Waals surface area contributed by atoms with Crippen molar-refractivity contribution in [1.82, 2.24) is 15.0 Å². The van der Waals surface area contributed by atoms with Crippen molar-refractivity contribution >= 4 is 5.91 Å². The van der Waals surface area contributed by atoms with Gasteiger partial charge in [-0.05, 0) is 49.8 Å². The van der Waals surface area contributed by atoms with E-state index >= 15 is 0 Å². The predicted octanol–water partition coefficient (Wildman–Crippen LogP) is 3.19. The first-order valence-electron chi connectivity index (χ1n) is 9.09. The van der Waals surface area contributed by atoms with Crippen LogP contribution in [0.3, 0.4) is 0 Å². The molecule has 1 amide bonds. The first-order valence-corrected chi connectivity index (χ1v) is 9.09. The highest BCUT2D eigenvalue weighted by atomic mass is 19.1. The van der Waals surface area contributed by atoms with Crippen LogP contribution in [0.15, 0.2) is 22.7 Å². The number of halogens is 1. The first-order chi connectivity index (χ1) is 12.6. The molecule has 26 heavy (non-hydrogen) atoms. The maximum absolute atomic E-state index is 13.9. The number of aromatic nitrogens is 2. The highest BCUT2D eigenvalue weighted by molar-refractivity contribution is 5.94. The lowest BCUT2D eigenvalue weighted by molar-refractivity contribution is 0.0667. The van der Waals surface area contributed by atoms with Crippen molar-refractivity contribution in [3.05, 3.63) is 41.3 Å². The van der Waals surface area contributed by atoms with Crippen LogP contribution < -0.4 is 4.74 Å². The SMILES string of the molecule is COc1ccc(C(=O)N2CCCC(Cc3nc(C4CC4)no3)C2)cc1F. The van der Waals surface area contributed by atoms with Crippen LogP contribution in [0.2, 0.25) is 0 Å². The normalized spacial score (nSPS) is 20.2. The van der Waals surface area contributed by atoms with Crippen LogP contribution in [0.5, 0.6) is 5.75 Å². The molecule has 2 fully saturated rings. The highest BCUT2D eigenvalue weighted by Gasteiger charge is 2.30. The Morgan fingerprint density at radius 2 is 2.23 bits per heavy atom. The van der Waals surface area contributed by atoms with E-state index in [1.54, 1.807) is 11.0 Å². The number of carbonyl (C=O) groups excluding carboxylic acids is 1. The zero-order chi connectivity index (χ0) is 18.1. The summed E-state index contributed by atoms with van der Waals surface area (Å²) in [6.07, 6.45) is 4.90. The van der Waals surface area contributed by atoms with Crippen molar-refractivity contribution in [2.45, 2.75) is 38.0 Å². The molecule has 1 aromatic heterocycles. The van der Waals surface area contributed by atoms with Gasteiger partial charge in [-0.25, -0.2) is 4.39 Å². The van der Waals surface area contributed by atoms with Gasteiger partial charge in [0.1, 0.15) is 0 Å². The minimum Gasteiger partial charge on any atom is -0.494 e. The Kier molecular flexibility index (Phi) is 4.61. The molecular formula is C19H22FN3O3. The van der Waals surface area contributed by atoms with Crippen molar-refractivity contribution < 1.29 is 18.4 Å². The van der Waals surface area contributed by atoms with Crippen LogP contribution in [0.4, 0.5) is 4.39 Å². The van der Waals surface area contributed by atoms with Crippen LogP contribution in [0, 0.1) is 11.7 Å². The van der Waals surface area contributed by atoms with E-state index < -0.39 is 5.82 Å². The summed E-state index contributed by atoms with van der Waals surface area (Å²) < 4.78 is 24.2. The van der Waals surface area contributed by atoms with Crippen molar-refractivity contribution in [2.24, 2.45) is 5.92 Å². The Morgan fingerprint density at radius 1 is 1.38 bits per heavy atom. The summed E-state index contributed by atoms with van der Waals surface area (Å²) in [6, 6.07) is 4.33. The second-order valence-electron chi connectivity index (χ2n) is 7.13. The standard InChI is InChI=1S/C19H22FN3O3/c1-25-16-7-6-14(10-15(16)20)19(24)23-8-2-3-12(11-23)9-17-21-18(22-26-17)13-4-5-13/h6-7,10,12-13H,2-5,8-9,11H2,1H3. The number of nitrogens with zero attached hydrogens (tertiary/aromatic N) is 3. The van der Waals surface area contributed by atoms with Crippen LogP contribution in [-0.2, 0) is 6.42 Å². The Bertz CT molecular complexity index is 803. The second-order valence-corrected chi connectivity index (χ2v) is 7.13. The van der Waals surface area contributed by atoms with E-state index in [1.807, 2.05) is 0 Å². The molecule has 1 aromatic carbocycles. The van der Waals surface area contributed by atoms with Gasteiger partial charge in [0, 0.05) is 31.0 Å². The van der Waals surface area contributed by atoms with Gasteiger partial charge in [0.05, 0.1) is 7.11 Å². The van der Waals surface area contributed by atoms with Crippen LogP contribution in [0.1, 0.15) is 53.7 Å². The topological polar surface area (TPSA) is 68.5 Å². The maximum atomic E-state index is 13.9. The fourth-order valence-electron chi connectivity index (χ4n) is 3.50. The van der Waals surface area contributed by atoms with Gasteiger partial charge < -0.3 is 14.2 Å². The molecule has 4 rings (SSSR count). The van der Waals surface area contributed by atoms with Crippen LogP contribution >= 0.6 is 0 Å². The molecule has 1 saturated carbocycles. The van der Waals surface area contributed by atoms with Crippen molar-refractivity contribution in [2.75, 3.05) is 20.2 Å². The van der Waals surface area contributed by atoms with E-state index in [-0.39, 0.29) is 17.6 Å². The number of amides is 1. The van der Waals surface area contributed by atoms with Gasteiger partial charge in [0.2, 0.25) is 5.89 Å². The molecule has 1 unspecified atom stereocenters. The fraction of sp³-hybridized carbons (Fsp3) is 0.526. The number of methoxy groups -OCH3 is 1. The molecule has 1 aliphatic heterocycles. The average Bonchev–Trinajstić information content (AvgIpc) is 3.41. The van der Waals surface area contributed by atoms with E-state index in [0.29, 0.717) is 36.9 Å². The first kappa shape index (κ1) is 17.0. The second kappa shape index (κ2) is 7.05. The number of piperidine rings is 1. The van der Waals surface area contributed by atoms with E-state index in [2.05, 4.69) is 10.1 Å². The van der Waals surface area contributed by atoms with E-state index in [9.17, 15) is 9.18 Å². The molecule has 2 aliphatic rings. The third-order valence-corrected chi connectivity index (χ3v) is 5.09. The molecule has 0 radical (unpaired) electrons. The van der Waals surface area contributed by atoms with Gasteiger partial charge in [-0.15, -0.1) is 0 Å². The summed E-state index contributed by atoms with van der Waals surface area (Å²) in [5.74, 6) is 1.69. The number of hydrogen-bond acceptors (Lipinski definition) is 5. The zero-order valence-electron chi connectivity index (χ0n) is 14.8. The summed E-state index contributed by atoms with van der Waals surface area (Å²) in [4.78, 5) is 19.0. The molecule has 1 aliphatic carbocycles. The zero-order valence-corrected chi connectivity index (χ0v) is 14.8. The molecule has 2 aromatic rings. The summed E-state index contributed by atoms with van der Waals surface area (Å²) in [5.41, 5.74) is 0.345. The molecule has 0 spiro atoms. The number of carbonyl (C=O) groups is 1. The summed E-state index contributed by atoms with van der Waals surface area (Å²) >= 11 is 0. The minimum atomic E-state index is -0.523. The van der Waals surface area contributed by atoms with Crippen molar-refractivity contribution in [3.63, 3.8) is 0 Å². The van der Waals surface area contributed by atoms with E-state index in [4.69, 9.17) is 9.26 Å². The molecular weight excluding hydrogens is 337 g/mol. The van der Waals surface area contributed by atoms with Crippen LogP contribution in [-0.4, -0.2) is 41.1 Å². The molecule has 138 valence electrons. The minimum absolute atomic E-state index is 0.140. The Labute approximate surface area is 151 Å². The van der Waals surface area contributed by atoms with Crippen LogP contribution in [0.25, 0.3) is 0 Å². The number of rotatable bonds is 5. The van der Waals surface area contributed by atoms with Gasteiger partial charge in [0.25, 0.3) is 5.91 Å². The number of hydrogen-bond donors (Lipinski definition) is 0. The maximum Gasteiger partial charge on any atom is 0.253 e. The third kappa shape index (κ3) is 3.57. The molecule has 1 saturated heterocycles. The Balaban J connectivity index is 1.40. The van der Waals surface area contributed by atoms with Gasteiger partial charge in [-0.2, -0.15) is 4.98 Å². The summed E-state index contributed by atoms with van der Waals surface area (Å²) in [6.45, 7) is 1.30. The molecule has 0 bridgehead atoms. The Hall–Kier alpha value is -2.44. The number of ether oxygens (including phenoxy) is 1. The van der Waals surface area contributed by atoms with E-state index in [0.717, 1.165) is 31.5 Å². The van der Waals surface area contributed by atoms with Gasteiger partial charge in [-0.1, -0.05) is 5.16 Å². The molecule has 1 atom stereocenters. The molecule has 2 heterocycles. The molecule has 0 N–H and O–H groups in total. The number of likely N-dealkylation sites (tertiary alicyclic amines) is 1. The number of benzene rings is 1. The monoisotopic (exact) mass is 359 g/mol. The summed E-state index contributed by atoms with van der Waals surface area (Å²) in [5, 5.41) is 4.05. The molecule has 6 nitrogen and oxygen atoms in total. The lowest BCUT2D eigenvalue weighted by Crippen LogP contribution is -2.40.